The van der Waals surface area contributed by atoms with E-state index in [1.54, 1.807) is 0 Å². The van der Waals surface area contributed by atoms with Crippen molar-refractivity contribution >= 4 is 6.03 Å². The molecule has 0 radical (unpaired) electrons. The van der Waals surface area contributed by atoms with Gasteiger partial charge < -0.3 is 9.80 Å². The van der Waals surface area contributed by atoms with Gasteiger partial charge in [0.15, 0.2) is 5.82 Å². The molecule has 8 rings (SSSR count). The van der Waals surface area contributed by atoms with E-state index in [1.807, 2.05) is 6.33 Å². The fraction of sp³-hybridized carbons (Fsp3) is 0.760. The number of likely N-dealkylation sites (tertiary alicyclic amines) is 2. The molecule has 6 aliphatic rings. The number of H-pyrrole nitrogens is 1. The van der Waals surface area contributed by atoms with Crippen LogP contribution in [-0.4, -0.2) is 67.0 Å². The monoisotopic (exact) mass is 447 g/mol. The number of aromatic nitrogens is 5. The van der Waals surface area contributed by atoms with Crippen LogP contribution < -0.4 is 0 Å². The number of nitrogens with one attached hydrogen (secondary N) is 1. The SMILES string of the molecule is O=C(N1CC2(CC(Cc3cc(C4CC4)n[nH]3)C2)C1)N1CC2(CC(n3cnc(C4CC4)n3)C2)C1. The second-order valence-corrected chi connectivity index (χ2v) is 12.5. The number of aromatic amines is 1. The minimum atomic E-state index is 0.276. The third-order valence-corrected chi connectivity index (χ3v) is 9.42. The molecule has 1 N–H and O–H groups in total. The highest BCUT2D eigenvalue weighted by atomic mass is 16.2. The maximum atomic E-state index is 13.0. The first-order valence-corrected chi connectivity index (χ1v) is 13.0. The van der Waals surface area contributed by atoms with Crippen LogP contribution in [0.25, 0.3) is 0 Å². The predicted octanol–water partition coefficient (Wildman–Crippen LogP) is 3.47. The Morgan fingerprint density at radius 2 is 1.64 bits per heavy atom. The molecule has 33 heavy (non-hydrogen) atoms. The molecule has 8 heteroatoms. The first-order valence-electron chi connectivity index (χ1n) is 13.0. The van der Waals surface area contributed by atoms with Gasteiger partial charge in [0.25, 0.3) is 0 Å². The van der Waals surface area contributed by atoms with Crippen molar-refractivity contribution in [2.45, 2.75) is 75.7 Å². The Balaban J connectivity index is 0.784. The van der Waals surface area contributed by atoms with Crippen LogP contribution in [0.5, 0.6) is 0 Å². The average molecular weight is 448 g/mol. The largest absolute Gasteiger partial charge is 0.323 e. The summed E-state index contributed by atoms with van der Waals surface area (Å²) in [6, 6.07) is 3.05. The summed E-state index contributed by atoms with van der Waals surface area (Å²) in [5.74, 6) is 3.14. The summed E-state index contributed by atoms with van der Waals surface area (Å²) in [6.07, 6.45) is 13.0. The summed E-state index contributed by atoms with van der Waals surface area (Å²) in [5, 5.41) is 12.5. The zero-order valence-corrected chi connectivity index (χ0v) is 19.2. The van der Waals surface area contributed by atoms with Crippen molar-refractivity contribution in [3.8, 4) is 0 Å². The van der Waals surface area contributed by atoms with Crippen LogP contribution in [0.1, 0.15) is 86.5 Å². The molecule has 4 heterocycles. The van der Waals surface area contributed by atoms with Crippen molar-refractivity contribution < 1.29 is 4.79 Å². The first kappa shape index (κ1) is 19.0. The number of carbonyl (C=O) groups excluding carboxylic acids is 1. The highest BCUT2D eigenvalue weighted by Crippen LogP contribution is 2.56. The van der Waals surface area contributed by atoms with E-state index in [0.29, 0.717) is 22.8 Å². The zero-order chi connectivity index (χ0) is 21.8. The minimum absolute atomic E-state index is 0.276. The molecular weight excluding hydrogens is 414 g/mol. The van der Waals surface area contributed by atoms with Crippen LogP contribution in [0.4, 0.5) is 4.79 Å². The van der Waals surface area contributed by atoms with E-state index in [9.17, 15) is 4.79 Å². The molecule has 2 aromatic heterocycles. The first-order chi connectivity index (χ1) is 16.1. The third-order valence-electron chi connectivity index (χ3n) is 9.42. The van der Waals surface area contributed by atoms with E-state index in [-0.39, 0.29) is 6.03 Å². The van der Waals surface area contributed by atoms with Crippen LogP contribution in [0, 0.1) is 16.7 Å². The molecule has 174 valence electrons. The lowest BCUT2D eigenvalue weighted by Gasteiger charge is -2.63. The van der Waals surface area contributed by atoms with E-state index >= 15 is 0 Å². The third kappa shape index (κ3) is 3.08. The maximum absolute atomic E-state index is 13.0. The van der Waals surface area contributed by atoms with Crippen LogP contribution in [0.3, 0.4) is 0 Å². The molecule has 0 atom stereocenters. The second kappa shape index (κ2) is 6.39. The standard InChI is InChI=1S/C25H33N7O/c33-23(31-13-25(14-31)9-20(10-25)32-15-26-22(29-32)18-3-4-18)30-11-24(12-30)7-16(8-24)5-19-6-21(28-27-19)17-1-2-17/h6,15-18,20H,1-5,7-14H2,(H,27,28). The molecule has 2 saturated heterocycles. The van der Waals surface area contributed by atoms with Gasteiger partial charge in [-0.25, -0.2) is 14.5 Å². The van der Waals surface area contributed by atoms with E-state index in [0.717, 1.165) is 63.1 Å². The van der Waals surface area contributed by atoms with E-state index < -0.39 is 0 Å². The Labute approximate surface area is 194 Å². The Bertz CT molecular complexity index is 1080. The van der Waals surface area contributed by atoms with Gasteiger partial charge >= 0.3 is 6.03 Å². The van der Waals surface area contributed by atoms with E-state index in [2.05, 4.69) is 35.7 Å². The second-order valence-electron chi connectivity index (χ2n) is 12.5. The molecule has 6 fully saturated rings. The highest BCUT2D eigenvalue weighted by Gasteiger charge is 2.58. The minimum Gasteiger partial charge on any atom is -0.323 e. The van der Waals surface area contributed by atoms with E-state index in [1.165, 1.54) is 49.9 Å². The Kier molecular flexibility index (Phi) is 3.68. The van der Waals surface area contributed by atoms with Crippen molar-refractivity contribution in [2.75, 3.05) is 26.2 Å². The molecular formula is C25H33N7O. The number of carbonyl (C=O) groups is 1. The molecule has 2 amide bonds. The lowest BCUT2D eigenvalue weighted by Crippen LogP contribution is -2.71. The van der Waals surface area contributed by atoms with Gasteiger partial charge in [-0.05, 0) is 69.8 Å². The topological polar surface area (TPSA) is 82.9 Å². The predicted molar refractivity (Wildman–Crippen MR) is 121 cm³/mol. The average Bonchev–Trinajstić information content (AvgIpc) is 3.62. The quantitative estimate of drug-likeness (QED) is 0.761. The van der Waals surface area contributed by atoms with Gasteiger partial charge in [-0.1, -0.05) is 0 Å². The summed E-state index contributed by atoms with van der Waals surface area (Å²) in [6.45, 7) is 3.80. The number of rotatable bonds is 5. The summed E-state index contributed by atoms with van der Waals surface area (Å²) >= 11 is 0. The fourth-order valence-corrected chi connectivity index (χ4v) is 7.33. The highest BCUT2D eigenvalue weighted by molar-refractivity contribution is 5.77. The molecule has 2 aromatic rings. The molecule has 2 aliphatic heterocycles. The van der Waals surface area contributed by atoms with Crippen LogP contribution >= 0.6 is 0 Å². The number of amides is 2. The van der Waals surface area contributed by atoms with Gasteiger partial charge in [-0.15, -0.1) is 0 Å². The smallest absolute Gasteiger partial charge is 0.320 e. The van der Waals surface area contributed by atoms with Crippen molar-refractivity contribution in [1.29, 1.82) is 0 Å². The Morgan fingerprint density at radius 1 is 0.970 bits per heavy atom. The molecule has 0 bridgehead atoms. The van der Waals surface area contributed by atoms with Crippen molar-refractivity contribution in [3.63, 3.8) is 0 Å². The Hall–Kier alpha value is -2.38. The van der Waals surface area contributed by atoms with Crippen molar-refractivity contribution in [3.05, 3.63) is 29.6 Å². The maximum Gasteiger partial charge on any atom is 0.320 e. The summed E-state index contributed by atoms with van der Waals surface area (Å²) < 4.78 is 2.09. The van der Waals surface area contributed by atoms with Crippen molar-refractivity contribution in [1.82, 2.24) is 34.8 Å². The fourth-order valence-electron chi connectivity index (χ4n) is 7.33. The number of nitrogens with zero attached hydrogens (tertiary/aromatic N) is 6. The van der Waals surface area contributed by atoms with Crippen LogP contribution in [0.15, 0.2) is 12.4 Å². The van der Waals surface area contributed by atoms with Gasteiger partial charge in [0, 0.05) is 54.5 Å². The van der Waals surface area contributed by atoms with Crippen LogP contribution in [-0.2, 0) is 6.42 Å². The van der Waals surface area contributed by atoms with Crippen LogP contribution in [0.2, 0.25) is 0 Å². The lowest BCUT2D eigenvalue weighted by atomic mass is 9.56. The summed E-state index contributed by atoms with van der Waals surface area (Å²) in [5.41, 5.74) is 3.34. The summed E-state index contributed by atoms with van der Waals surface area (Å²) in [7, 11) is 0. The zero-order valence-electron chi connectivity index (χ0n) is 19.2. The molecule has 2 spiro atoms. The lowest BCUT2D eigenvalue weighted by molar-refractivity contribution is -0.107. The number of hydrogen-bond donors (Lipinski definition) is 1. The van der Waals surface area contributed by atoms with Gasteiger partial charge in [0.1, 0.15) is 6.33 Å². The van der Waals surface area contributed by atoms with Gasteiger partial charge in [-0.2, -0.15) is 10.2 Å². The molecule has 8 nitrogen and oxygen atoms in total. The normalized spacial score (nSPS) is 27.9. The molecule has 0 unspecified atom stereocenters. The number of hydrogen-bond acceptors (Lipinski definition) is 4. The molecule has 0 aromatic carbocycles. The molecule has 4 aliphatic carbocycles. The van der Waals surface area contributed by atoms with Crippen molar-refractivity contribution in [2.24, 2.45) is 16.7 Å². The van der Waals surface area contributed by atoms with Gasteiger partial charge in [0.05, 0.1) is 11.7 Å². The molecule has 4 saturated carbocycles. The van der Waals surface area contributed by atoms with E-state index in [4.69, 9.17) is 5.10 Å². The Morgan fingerprint density at radius 3 is 2.30 bits per heavy atom. The van der Waals surface area contributed by atoms with Gasteiger partial charge in [-0.3, -0.25) is 5.10 Å². The van der Waals surface area contributed by atoms with Gasteiger partial charge in [0.2, 0.25) is 0 Å². The summed E-state index contributed by atoms with van der Waals surface area (Å²) in [4.78, 5) is 21.6. The number of urea groups is 1.